The van der Waals surface area contributed by atoms with Gasteiger partial charge >= 0.3 is 0 Å². The summed E-state index contributed by atoms with van der Waals surface area (Å²) in [4.78, 5) is 11.8. The molecule has 0 bridgehead atoms. The maximum atomic E-state index is 11.8. The summed E-state index contributed by atoms with van der Waals surface area (Å²) in [5.41, 5.74) is 6.29. The number of aliphatic hydroxyl groups is 1. The number of benzene rings is 1. The number of carbonyl (C=O) groups excluding carboxylic acids is 1. The van der Waals surface area contributed by atoms with Gasteiger partial charge in [0.2, 0.25) is 5.91 Å². The fraction of sp³-hybridized carbons (Fsp3) is 0.462. The molecule has 1 aliphatic rings. The van der Waals surface area contributed by atoms with Crippen LogP contribution in [0.25, 0.3) is 0 Å². The Morgan fingerprint density at radius 2 is 2.00 bits per heavy atom. The van der Waals surface area contributed by atoms with E-state index in [2.05, 4.69) is 5.32 Å². The molecule has 1 atom stereocenters. The van der Waals surface area contributed by atoms with Crippen molar-refractivity contribution in [2.24, 2.45) is 5.73 Å². The van der Waals surface area contributed by atoms with Gasteiger partial charge in [-0.25, -0.2) is 0 Å². The first kappa shape index (κ1) is 12.9. The van der Waals surface area contributed by atoms with Crippen molar-refractivity contribution in [3.63, 3.8) is 0 Å². The van der Waals surface area contributed by atoms with Crippen LogP contribution in [0, 0.1) is 0 Å². The van der Waals surface area contributed by atoms with Crippen molar-refractivity contribution in [2.45, 2.75) is 30.8 Å². The number of phenols is 1. The Morgan fingerprint density at radius 3 is 2.50 bits per heavy atom. The van der Waals surface area contributed by atoms with E-state index in [1.807, 2.05) is 0 Å². The Morgan fingerprint density at radius 1 is 1.39 bits per heavy atom. The summed E-state index contributed by atoms with van der Waals surface area (Å²) in [5, 5.41) is 21.1. The highest BCUT2D eigenvalue weighted by molar-refractivity contribution is 5.83. The van der Waals surface area contributed by atoms with Crippen molar-refractivity contribution >= 4 is 5.91 Å². The van der Waals surface area contributed by atoms with Crippen molar-refractivity contribution in [2.75, 3.05) is 6.61 Å². The van der Waals surface area contributed by atoms with Crippen LogP contribution in [0.4, 0.5) is 0 Å². The molecule has 0 radical (unpaired) electrons. The zero-order valence-electron chi connectivity index (χ0n) is 10.1. The molecule has 0 aromatic heterocycles. The number of nitrogens with one attached hydrogen (secondary N) is 1. The molecule has 1 aromatic rings. The number of nitrogens with two attached hydrogens (primary N) is 1. The first-order chi connectivity index (χ1) is 8.54. The van der Waals surface area contributed by atoms with Gasteiger partial charge in [-0.15, -0.1) is 0 Å². The van der Waals surface area contributed by atoms with Gasteiger partial charge in [-0.1, -0.05) is 12.1 Å². The minimum Gasteiger partial charge on any atom is -0.508 e. The lowest BCUT2D eigenvalue weighted by molar-refractivity contribution is -0.123. The highest BCUT2D eigenvalue weighted by atomic mass is 16.3. The van der Waals surface area contributed by atoms with Gasteiger partial charge in [0.15, 0.2) is 0 Å². The molecular weight excluding hydrogens is 232 g/mol. The molecule has 5 nitrogen and oxygen atoms in total. The molecule has 0 saturated heterocycles. The van der Waals surface area contributed by atoms with Crippen LogP contribution in [-0.2, 0) is 11.2 Å². The summed E-state index contributed by atoms with van der Waals surface area (Å²) in [7, 11) is 0. The molecule has 1 aromatic carbocycles. The predicted octanol–water partition coefficient (Wildman–Crippen LogP) is -0.0969. The van der Waals surface area contributed by atoms with Gasteiger partial charge in [0.05, 0.1) is 18.2 Å². The first-order valence-electron chi connectivity index (χ1n) is 6.01. The van der Waals surface area contributed by atoms with Crippen LogP contribution in [-0.4, -0.2) is 34.3 Å². The first-order valence-corrected chi connectivity index (χ1v) is 6.01. The lowest BCUT2D eigenvalue weighted by atomic mass is 10.1. The minimum absolute atomic E-state index is 0.0370. The third-order valence-corrected chi connectivity index (χ3v) is 3.27. The van der Waals surface area contributed by atoms with E-state index in [9.17, 15) is 4.79 Å². The van der Waals surface area contributed by atoms with Crippen LogP contribution < -0.4 is 11.1 Å². The second kappa shape index (κ2) is 4.96. The van der Waals surface area contributed by atoms with Crippen LogP contribution in [0.15, 0.2) is 24.3 Å². The number of hydrogen-bond acceptors (Lipinski definition) is 4. The largest absolute Gasteiger partial charge is 0.508 e. The van der Waals surface area contributed by atoms with Gasteiger partial charge in [-0.3, -0.25) is 4.79 Å². The average molecular weight is 250 g/mol. The molecule has 2 rings (SSSR count). The van der Waals surface area contributed by atoms with Crippen molar-refractivity contribution in [1.82, 2.24) is 5.32 Å². The minimum atomic E-state index is -0.640. The standard InChI is InChI=1S/C13H18N2O3/c14-11(7-9-1-3-10(17)4-2-9)12(18)15-13(8-16)5-6-13/h1-4,11,16-17H,5-8,14H2,(H,15,18)/t11-/m1/s1. The number of phenolic OH excluding ortho intramolecular Hbond substituents is 1. The quantitative estimate of drug-likeness (QED) is 0.587. The zero-order chi connectivity index (χ0) is 13.2. The summed E-state index contributed by atoms with van der Waals surface area (Å²) in [5.74, 6) is -0.0522. The van der Waals surface area contributed by atoms with Gasteiger partial charge in [-0.05, 0) is 37.0 Å². The maximum Gasteiger partial charge on any atom is 0.237 e. The summed E-state index contributed by atoms with van der Waals surface area (Å²) >= 11 is 0. The Labute approximate surface area is 106 Å². The summed E-state index contributed by atoms with van der Waals surface area (Å²) in [6, 6.07) is 5.97. The smallest absolute Gasteiger partial charge is 0.237 e. The van der Waals surface area contributed by atoms with Crippen molar-refractivity contribution in [1.29, 1.82) is 0 Å². The van der Waals surface area contributed by atoms with Crippen molar-refractivity contribution in [3.05, 3.63) is 29.8 Å². The van der Waals surface area contributed by atoms with Gasteiger partial charge in [-0.2, -0.15) is 0 Å². The van der Waals surface area contributed by atoms with Crippen LogP contribution >= 0.6 is 0 Å². The topological polar surface area (TPSA) is 95.6 Å². The number of aliphatic hydroxyl groups excluding tert-OH is 1. The van der Waals surface area contributed by atoms with E-state index in [0.29, 0.717) is 6.42 Å². The Bertz CT molecular complexity index is 426. The normalized spacial score (nSPS) is 18.1. The fourth-order valence-corrected chi connectivity index (χ4v) is 1.81. The molecule has 0 spiro atoms. The van der Waals surface area contributed by atoms with E-state index in [1.54, 1.807) is 24.3 Å². The van der Waals surface area contributed by atoms with E-state index < -0.39 is 11.6 Å². The Hall–Kier alpha value is -1.59. The lowest BCUT2D eigenvalue weighted by Crippen LogP contribution is -2.49. The van der Waals surface area contributed by atoms with Crippen LogP contribution in [0.2, 0.25) is 0 Å². The molecule has 5 heteroatoms. The number of carbonyl (C=O) groups is 1. The van der Waals surface area contributed by atoms with Crippen LogP contribution in [0.5, 0.6) is 5.75 Å². The molecule has 1 saturated carbocycles. The lowest BCUT2D eigenvalue weighted by Gasteiger charge is -2.18. The molecule has 0 aliphatic heterocycles. The predicted molar refractivity (Wildman–Crippen MR) is 67.0 cm³/mol. The van der Waals surface area contributed by atoms with Gasteiger partial charge in [0.25, 0.3) is 0 Å². The van der Waals surface area contributed by atoms with Gasteiger partial charge in [0, 0.05) is 0 Å². The van der Waals surface area contributed by atoms with Crippen molar-refractivity contribution < 1.29 is 15.0 Å². The second-order valence-electron chi connectivity index (χ2n) is 4.90. The van der Waals surface area contributed by atoms with E-state index in [4.69, 9.17) is 15.9 Å². The molecule has 0 unspecified atom stereocenters. The van der Waals surface area contributed by atoms with Gasteiger partial charge < -0.3 is 21.3 Å². The molecule has 5 N–H and O–H groups in total. The highest BCUT2D eigenvalue weighted by Crippen LogP contribution is 2.34. The fourth-order valence-electron chi connectivity index (χ4n) is 1.81. The van der Waals surface area contributed by atoms with Gasteiger partial charge in [0.1, 0.15) is 5.75 Å². The molecule has 18 heavy (non-hydrogen) atoms. The molecule has 0 heterocycles. The molecule has 1 aliphatic carbocycles. The SMILES string of the molecule is N[C@H](Cc1ccc(O)cc1)C(=O)NC1(CO)CC1. The third kappa shape index (κ3) is 3.00. The third-order valence-electron chi connectivity index (χ3n) is 3.27. The molecule has 98 valence electrons. The van der Waals surface area contributed by atoms with E-state index in [-0.39, 0.29) is 18.3 Å². The Kier molecular flexibility index (Phi) is 3.54. The number of amides is 1. The summed E-state index contributed by atoms with van der Waals surface area (Å²) in [6.45, 7) is -0.0370. The zero-order valence-corrected chi connectivity index (χ0v) is 10.1. The summed E-state index contributed by atoms with van der Waals surface area (Å²) in [6.07, 6.45) is 2.02. The Balaban J connectivity index is 1.89. The number of aromatic hydroxyl groups is 1. The highest BCUT2D eigenvalue weighted by Gasteiger charge is 2.43. The van der Waals surface area contributed by atoms with E-state index >= 15 is 0 Å². The number of hydrogen-bond donors (Lipinski definition) is 4. The monoisotopic (exact) mass is 250 g/mol. The molecule has 1 amide bonds. The summed E-state index contributed by atoms with van der Waals surface area (Å²) < 4.78 is 0. The van der Waals surface area contributed by atoms with Crippen molar-refractivity contribution in [3.8, 4) is 5.75 Å². The van der Waals surface area contributed by atoms with Crippen LogP contribution in [0.1, 0.15) is 18.4 Å². The molecule has 1 fully saturated rings. The maximum absolute atomic E-state index is 11.8. The number of rotatable bonds is 5. The van der Waals surface area contributed by atoms with E-state index in [1.165, 1.54) is 0 Å². The second-order valence-corrected chi connectivity index (χ2v) is 4.90. The van der Waals surface area contributed by atoms with Crippen LogP contribution in [0.3, 0.4) is 0 Å². The molecular formula is C13H18N2O3. The average Bonchev–Trinajstić information content (AvgIpc) is 3.12. The van der Waals surface area contributed by atoms with E-state index in [0.717, 1.165) is 18.4 Å².